The molecule has 0 aliphatic carbocycles. The van der Waals surface area contributed by atoms with Gasteiger partial charge in [-0.05, 0) is 25.2 Å². The Morgan fingerprint density at radius 2 is 2.08 bits per heavy atom. The smallest absolute Gasteiger partial charge is 0.252 e. The maximum Gasteiger partial charge on any atom is 0.252 e. The van der Waals surface area contributed by atoms with Crippen molar-refractivity contribution < 1.29 is 9.53 Å². The SMILES string of the molecule is CCN(CC)C(CN1CCOCC1)(Sc1ccccn1)C(=O)NC. The van der Waals surface area contributed by atoms with E-state index in [1.54, 1.807) is 25.0 Å². The molecule has 134 valence electrons. The van der Waals surface area contributed by atoms with E-state index in [-0.39, 0.29) is 5.91 Å². The van der Waals surface area contributed by atoms with Crippen molar-refractivity contribution >= 4 is 17.7 Å². The summed E-state index contributed by atoms with van der Waals surface area (Å²) in [5, 5.41) is 3.74. The van der Waals surface area contributed by atoms with Gasteiger partial charge in [0.25, 0.3) is 5.91 Å². The molecular formula is C17H28N4O2S. The van der Waals surface area contributed by atoms with E-state index in [9.17, 15) is 4.79 Å². The Morgan fingerprint density at radius 3 is 2.62 bits per heavy atom. The van der Waals surface area contributed by atoms with Crippen molar-refractivity contribution in [2.75, 3.05) is 53.0 Å². The van der Waals surface area contributed by atoms with E-state index in [1.807, 2.05) is 18.2 Å². The standard InChI is InChI=1S/C17H28N4O2S/c1-4-21(5-2)17(16(22)18-3,14-20-10-12-23-13-11-20)24-15-8-6-7-9-19-15/h6-9H,4-5,10-14H2,1-3H3,(H,18,22). The Morgan fingerprint density at radius 1 is 1.38 bits per heavy atom. The molecule has 1 aliphatic heterocycles. The van der Waals surface area contributed by atoms with Crippen molar-refractivity contribution in [3.8, 4) is 0 Å². The number of nitrogens with one attached hydrogen (secondary N) is 1. The molecule has 1 atom stereocenters. The number of carbonyl (C=O) groups excluding carboxylic acids is 1. The van der Waals surface area contributed by atoms with E-state index in [2.05, 4.69) is 33.9 Å². The van der Waals surface area contributed by atoms with Crippen molar-refractivity contribution in [3.63, 3.8) is 0 Å². The summed E-state index contributed by atoms with van der Waals surface area (Å²) in [6, 6.07) is 5.82. The summed E-state index contributed by atoms with van der Waals surface area (Å²) in [5.41, 5.74) is 0. The van der Waals surface area contributed by atoms with Crippen molar-refractivity contribution in [2.45, 2.75) is 23.7 Å². The first-order valence-corrected chi connectivity index (χ1v) is 9.35. The van der Waals surface area contributed by atoms with Crippen molar-refractivity contribution in [1.82, 2.24) is 20.1 Å². The average molecular weight is 353 g/mol. The van der Waals surface area contributed by atoms with Gasteiger partial charge >= 0.3 is 0 Å². The van der Waals surface area contributed by atoms with Crippen LogP contribution in [0, 0.1) is 0 Å². The van der Waals surface area contributed by atoms with Gasteiger partial charge in [-0.2, -0.15) is 0 Å². The van der Waals surface area contributed by atoms with Crippen molar-refractivity contribution in [2.24, 2.45) is 0 Å². The highest BCUT2D eigenvalue weighted by atomic mass is 32.2. The third-order valence-electron chi connectivity index (χ3n) is 4.31. The lowest BCUT2D eigenvalue weighted by molar-refractivity contribution is -0.129. The number of morpholine rings is 1. The minimum atomic E-state index is -0.704. The first-order chi connectivity index (χ1) is 11.7. The van der Waals surface area contributed by atoms with Crippen LogP contribution >= 0.6 is 11.8 Å². The Hall–Kier alpha value is -1.15. The Bertz CT molecular complexity index is 507. The number of rotatable bonds is 8. The molecule has 0 radical (unpaired) electrons. The zero-order chi connectivity index (χ0) is 17.4. The second-order valence-electron chi connectivity index (χ2n) is 5.69. The quantitative estimate of drug-likeness (QED) is 0.562. The molecule has 1 fully saturated rings. The van der Waals surface area contributed by atoms with Gasteiger partial charge in [0, 0.05) is 32.9 Å². The number of aromatic nitrogens is 1. The fourth-order valence-electron chi connectivity index (χ4n) is 3.03. The molecule has 1 aliphatic rings. The summed E-state index contributed by atoms with van der Waals surface area (Å²) in [4.78, 5) is 21.3. The number of nitrogens with zero attached hydrogens (tertiary/aromatic N) is 3. The third-order valence-corrected chi connectivity index (χ3v) is 5.67. The van der Waals surface area contributed by atoms with Gasteiger partial charge in [0.1, 0.15) is 0 Å². The van der Waals surface area contributed by atoms with E-state index in [0.717, 1.165) is 44.4 Å². The van der Waals surface area contributed by atoms with Gasteiger partial charge in [0.2, 0.25) is 0 Å². The molecule has 0 bridgehead atoms. The number of carbonyl (C=O) groups is 1. The van der Waals surface area contributed by atoms with Crippen LogP contribution in [-0.2, 0) is 9.53 Å². The van der Waals surface area contributed by atoms with Crippen molar-refractivity contribution in [3.05, 3.63) is 24.4 Å². The number of likely N-dealkylation sites (N-methyl/N-ethyl adjacent to an activating group) is 2. The molecule has 0 spiro atoms. The number of pyridine rings is 1. The van der Waals surface area contributed by atoms with E-state index in [0.29, 0.717) is 6.54 Å². The number of ether oxygens (including phenoxy) is 1. The highest BCUT2D eigenvalue weighted by Crippen LogP contribution is 2.36. The van der Waals surface area contributed by atoms with Crippen LogP contribution in [0.2, 0.25) is 0 Å². The monoisotopic (exact) mass is 352 g/mol. The summed E-state index contributed by atoms with van der Waals surface area (Å²) < 4.78 is 5.46. The number of thioether (sulfide) groups is 1. The molecule has 1 amide bonds. The normalized spacial score (nSPS) is 18.3. The second-order valence-corrected chi connectivity index (χ2v) is 6.99. The molecule has 1 N–H and O–H groups in total. The van der Waals surface area contributed by atoms with Crippen molar-refractivity contribution in [1.29, 1.82) is 0 Å². The van der Waals surface area contributed by atoms with Crippen LogP contribution in [0.5, 0.6) is 0 Å². The molecule has 1 aromatic rings. The summed E-state index contributed by atoms with van der Waals surface area (Å²) >= 11 is 1.54. The molecule has 2 rings (SSSR count). The Balaban J connectivity index is 2.35. The Kier molecular flexibility index (Phi) is 7.48. The molecule has 1 unspecified atom stereocenters. The van der Waals surface area contributed by atoms with Gasteiger partial charge in [-0.3, -0.25) is 14.6 Å². The zero-order valence-corrected chi connectivity index (χ0v) is 15.6. The fraction of sp³-hybridized carbons (Fsp3) is 0.647. The van der Waals surface area contributed by atoms with E-state index in [1.165, 1.54) is 0 Å². The number of hydrogen-bond donors (Lipinski definition) is 1. The van der Waals surface area contributed by atoms with Gasteiger partial charge in [-0.25, -0.2) is 4.98 Å². The minimum Gasteiger partial charge on any atom is -0.379 e. The topological polar surface area (TPSA) is 57.7 Å². The molecular weight excluding hydrogens is 324 g/mol. The highest BCUT2D eigenvalue weighted by molar-refractivity contribution is 8.01. The van der Waals surface area contributed by atoms with Gasteiger partial charge in [0.15, 0.2) is 4.87 Å². The van der Waals surface area contributed by atoms with Gasteiger partial charge < -0.3 is 10.1 Å². The zero-order valence-electron chi connectivity index (χ0n) is 14.8. The van der Waals surface area contributed by atoms with Crippen LogP contribution in [0.4, 0.5) is 0 Å². The van der Waals surface area contributed by atoms with E-state index < -0.39 is 4.87 Å². The lowest BCUT2D eigenvalue weighted by atomic mass is 10.2. The lowest BCUT2D eigenvalue weighted by Crippen LogP contribution is -2.62. The molecule has 1 saturated heterocycles. The van der Waals surface area contributed by atoms with Crippen LogP contribution in [0.3, 0.4) is 0 Å². The number of hydrogen-bond acceptors (Lipinski definition) is 6. The molecule has 2 heterocycles. The maximum atomic E-state index is 13.0. The third kappa shape index (κ3) is 4.47. The largest absolute Gasteiger partial charge is 0.379 e. The molecule has 0 saturated carbocycles. The average Bonchev–Trinajstić information content (AvgIpc) is 2.63. The molecule has 6 nitrogen and oxygen atoms in total. The summed E-state index contributed by atoms with van der Waals surface area (Å²) in [5.74, 6) is 0.0216. The van der Waals surface area contributed by atoms with Crippen LogP contribution in [0.15, 0.2) is 29.4 Å². The predicted octanol–water partition coefficient (Wildman–Crippen LogP) is 1.29. The second kappa shape index (κ2) is 9.36. The summed E-state index contributed by atoms with van der Waals surface area (Å²) in [7, 11) is 1.71. The molecule has 0 aromatic carbocycles. The van der Waals surface area contributed by atoms with Crippen LogP contribution in [0.1, 0.15) is 13.8 Å². The van der Waals surface area contributed by atoms with Crippen LogP contribution in [0.25, 0.3) is 0 Å². The minimum absolute atomic E-state index is 0.0216. The highest BCUT2D eigenvalue weighted by Gasteiger charge is 2.45. The van der Waals surface area contributed by atoms with Gasteiger partial charge in [-0.1, -0.05) is 31.7 Å². The summed E-state index contributed by atoms with van der Waals surface area (Å²) in [6.45, 7) is 9.58. The Labute approximate surface area is 148 Å². The molecule has 24 heavy (non-hydrogen) atoms. The first-order valence-electron chi connectivity index (χ1n) is 8.53. The maximum absolute atomic E-state index is 13.0. The van der Waals surface area contributed by atoms with Crippen LogP contribution < -0.4 is 5.32 Å². The summed E-state index contributed by atoms with van der Waals surface area (Å²) in [6.07, 6.45) is 1.77. The fourth-order valence-corrected chi connectivity index (χ4v) is 4.47. The van der Waals surface area contributed by atoms with E-state index in [4.69, 9.17) is 4.74 Å². The molecule has 7 heteroatoms. The number of amides is 1. The predicted molar refractivity (Wildman–Crippen MR) is 97.1 cm³/mol. The van der Waals surface area contributed by atoms with Gasteiger partial charge in [-0.15, -0.1) is 0 Å². The molecule has 1 aromatic heterocycles. The lowest BCUT2D eigenvalue weighted by Gasteiger charge is -2.44. The van der Waals surface area contributed by atoms with E-state index >= 15 is 0 Å². The first kappa shape index (κ1) is 19.2. The van der Waals surface area contributed by atoms with Crippen LogP contribution in [-0.4, -0.2) is 78.5 Å². The van der Waals surface area contributed by atoms with Gasteiger partial charge in [0.05, 0.1) is 18.2 Å².